The Balaban J connectivity index is 2.22. The standard InChI is InChI=1S/C12H10FNO3/c1-7-6-8(13)2-3-9(7)14-11-5-4-10(17-11)12(15)16/h2-6,14H,1H3,(H,15,16). The highest BCUT2D eigenvalue weighted by Crippen LogP contribution is 2.22. The van der Waals surface area contributed by atoms with E-state index in [0.717, 1.165) is 0 Å². The summed E-state index contributed by atoms with van der Waals surface area (Å²) in [6.45, 7) is 1.74. The lowest BCUT2D eigenvalue weighted by Crippen LogP contribution is -1.94. The predicted molar refractivity (Wildman–Crippen MR) is 60.1 cm³/mol. The number of carboxylic acid groups (broad SMARTS) is 1. The summed E-state index contributed by atoms with van der Waals surface area (Å²) in [6.07, 6.45) is 0. The maximum Gasteiger partial charge on any atom is 0.371 e. The molecule has 2 N–H and O–H groups in total. The van der Waals surface area contributed by atoms with Gasteiger partial charge < -0.3 is 14.8 Å². The largest absolute Gasteiger partial charge is 0.475 e. The zero-order valence-electron chi connectivity index (χ0n) is 9.03. The van der Waals surface area contributed by atoms with Gasteiger partial charge in [-0.25, -0.2) is 9.18 Å². The molecule has 4 nitrogen and oxygen atoms in total. The maximum absolute atomic E-state index is 12.9. The van der Waals surface area contributed by atoms with Crippen molar-refractivity contribution < 1.29 is 18.7 Å². The van der Waals surface area contributed by atoms with Gasteiger partial charge in [-0.1, -0.05) is 0 Å². The Labute approximate surface area is 96.7 Å². The molecule has 0 bridgehead atoms. The zero-order valence-corrected chi connectivity index (χ0v) is 9.03. The first-order chi connectivity index (χ1) is 8.06. The lowest BCUT2D eigenvalue weighted by atomic mass is 10.2. The normalized spacial score (nSPS) is 10.2. The third kappa shape index (κ3) is 2.44. The van der Waals surface area contributed by atoms with Crippen molar-refractivity contribution in [2.24, 2.45) is 0 Å². The van der Waals surface area contributed by atoms with Gasteiger partial charge in [0.25, 0.3) is 0 Å². The topological polar surface area (TPSA) is 62.5 Å². The molecule has 0 saturated heterocycles. The van der Waals surface area contributed by atoms with E-state index in [4.69, 9.17) is 9.52 Å². The lowest BCUT2D eigenvalue weighted by molar-refractivity contribution is 0.0663. The van der Waals surface area contributed by atoms with Crippen molar-refractivity contribution in [3.05, 3.63) is 47.5 Å². The molecule has 0 saturated carbocycles. The monoisotopic (exact) mass is 235 g/mol. The molecule has 0 radical (unpaired) electrons. The Bertz CT molecular complexity index is 563. The molecule has 0 aliphatic rings. The summed E-state index contributed by atoms with van der Waals surface area (Å²) in [5.74, 6) is -1.29. The van der Waals surface area contributed by atoms with E-state index in [0.29, 0.717) is 17.1 Å². The Morgan fingerprint density at radius 1 is 1.35 bits per heavy atom. The first-order valence-electron chi connectivity index (χ1n) is 4.92. The Hall–Kier alpha value is -2.30. The van der Waals surface area contributed by atoms with E-state index in [9.17, 15) is 9.18 Å². The van der Waals surface area contributed by atoms with Crippen LogP contribution in [0.1, 0.15) is 16.1 Å². The fourth-order valence-electron chi connectivity index (χ4n) is 1.42. The molecule has 0 aliphatic carbocycles. The summed E-state index contributed by atoms with van der Waals surface area (Å²) in [5.41, 5.74) is 1.37. The second kappa shape index (κ2) is 4.29. The van der Waals surface area contributed by atoms with Crippen molar-refractivity contribution in [1.82, 2.24) is 0 Å². The number of halogens is 1. The number of nitrogens with one attached hydrogen (secondary N) is 1. The van der Waals surface area contributed by atoms with Crippen molar-refractivity contribution in [3.8, 4) is 0 Å². The number of furan rings is 1. The fraction of sp³-hybridized carbons (Fsp3) is 0.0833. The highest BCUT2D eigenvalue weighted by atomic mass is 19.1. The molecule has 88 valence electrons. The molecular formula is C12H10FNO3. The van der Waals surface area contributed by atoms with E-state index in [1.807, 2.05) is 0 Å². The van der Waals surface area contributed by atoms with Gasteiger partial charge in [-0.05, 0) is 36.8 Å². The molecule has 2 rings (SSSR count). The quantitative estimate of drug-likeness (QED) is 0.857. The van der Waals surface area contributed by atoms with Crippen LogP contribution >= 0.6 is 0 Å². The Kier molecular flexibility index (Phi) is 2.82. The first kappa shape index (κ1) is 11.2. The number of carbonyl (C=O) groups is 1. The molecular weight excluding hydrogens is 225 g/mol. The van der Waals surface area contributed by atoms with E-state index >= 15 is 0 Å². The minimum atomic E-state index is -1.13. The summed E-state index contributed by atoms with van der Waals surface area (Å²) in [7, 11) is 0. The van der Waals surface area contributed by atoms with Crippen molar-refractivity contribution in [2.75, 3.05) is 5.32 Å². The van der Waals surface area contributed by atoms with Crippen LogP contribution in [0, 0.1) is 12.7 Å². The molecule has 0 fully saturated rings. The van der Waals surface area contributed by atoms with E-state index in [2.05, 4.69) is 5.32 Å². The van der Waals surface area contributed by atoms with Gasteiger partial charge in [0.1, 0.15) is 5.82 Å². The molecule has 0 atom stereocenters. The number of aromatic carboxylic acids is 1. The van der Waals surface area contributed by atoms with Crippen molar-refractivity contribution >= 4 is 17.5 Å². The highest BCUT2D eigenvalue weighted by molar-refractivity contribution is 5.85. The lowest BCUT2D eigenvalue weighted by Gasteiger charge is -2.06. The summed E-state index contributed by atoms with van der Waals surface area (Å²) < 4.78 is 17.9. The average Bonchev–Trinajstić information content (AvgIpc) is 2.71. The van der Waals surface area contributed by atoms with Crippen LogP contribution in [0.2, 0.25) is 0 Å². The minimum absolute atomic E-state index is 0.146. The molecule has 0 amide bonds. The van der Waals surface area contributed by atoms with E-state index in [1.165, 1.54) is 24.3 Å². The molecule has 1 aromatic heterocycles. The number of hydrogen-bond acceptors (Lipinski definition) is 3. The van der Waals surface area contributed by atoms with Crippen molar-refractivity contribution in [1.29, 1.82) is 0 Å². The second-order valence-electron chi connectivity index (χ2n) is 3.55. The van der Waals surface area contributed by atoms with Gasteiger partial charge in [-0.15, -0.1) is 0 Å². The van der Waals surface area contributed by atoms with Crippen LogP contribution in [0.4, 0.5) is 16.0 Å². The molecule has 17 heavy (non-hydrogen) atoms. The van der Waals surface area contributed by atoms with Gasteiger partial charge in [0.15, 0.2) is 5.88 Å². The molecule has 2 aromatic rings. The number of aryl methyl sites for hydroxylation is 1. The highest BCUT2D eigenvalue weighted by Gasteiger charge is 2.09. The van der Waals surface area contributed by atoms with Gasteiger partial charge in [-0.2, -0.15) is 0 Å². The van der Waals surface area contributed by atoms with Crippen molar-refractivity contribution in [3.63, 3.8) is 0 Å². The number of benzene rings is 1. The summed E-state index contributed by atoms with van der Waals surface area (Å²) in [4.78, 5) is 10.6. The van der Waals surface area contributed by atoms with Gasteiger partial charge >= 0.3 is 5.97 Å². The Morgan fingerprint density at radius 3 is 2.71 bits per heavy atom. The third-order valence-electron chi connectivity index (χ3n) is 2.26. The van der Waals surface area contributed by atoms with Crippen LogP contribution in [0.3, 0.4) is 0 Å². The molecule has 0 unspecified atom stereocenters. The van der Waals surface area contributed by atoms with Gasteiger partial charge in [0.2, 0.25) is 5.76 Å². The van der Waals surface area contributed by atoms with Gasteiger partial charge in [0.05, 0.1) is 0 Å². The van der Waals surface area contributed by atoms with Crippen LogP contribution < -0.4 is 5.32 Å². The van der Waals surface area contributed by atoms with Crippen LogP contribution in [-0.4, -0.2) is 11.1 Å². The SMILES string of the molecule is Cc1cc(F)ccc1Nc1ccc(C(=O)O)o1. The van der Waals surface area contributed by atoms with Gasteiger partial charge in [0, 0.05) is 11.8 Å². The zero-order chi connectivity index (χ0) is 12.4. The predicted octanol–water partition coefficient (Wildman–Crippen LogP) is 3.17. The van der Waals surface area contributed by atoms with Crippen LogP contribution in [0.25, 0.3) is 0 Å². The van der Waals surface area contributed by atoms with E-state index in [-0.39, 0.29) is 11.6 Å². The average molecular weight is 235 g/mol. The maximum atomic E-state index is 12.9. The number of anilines is 2. The van der Waals surface area contributed by atoms with E-state index in [1.54, 1.807) is 13.0 Å². The van der Waals surface area contributed by atoms with Crippen LogP contribution in [-0.2, 0) is 0 Å². The molecule has 0 spiro atoms. The molecule has 0 aliphatic heterocycles. The minimum Gasteiger partial charge on any atom is -0.475 e. The molecule has 1 aromatic carbocycles. The van der Waals surface area contributed by atoms with Gasteiger partial charge in [-0.3, -0.25) is 0 Å². The fourth-order valence-corrected chi connectivity index (χ4v) is 1.42. The molecule has 5 heteroatoms. The second-order valence-corrected chi connectivity index (χ2v) is 3.55. The third-order valence-corrected chi connectivity index (χ3v) is 2.26. The number of hydrogen-bond donors (Lipinski definition) is 2. The number of carboxylic acids is 1. The molecule has 1 heterocycles. The number of rotatable bonds is 3. The summed E-state index contributed by atoms with van der Waals surface area (Å²) in [5, 5.41) is 11.6. The first-order valence-corrected chi connectivity index (χ1v) is 4.92. The van der Waals surface area contributed by atoms with Crippen molar-refractivity contribution in [2.45, 2.75) is 6.92 Å². The summed E-state index contributed by atoms with van der Waals surface area (Å²) >= 11 is 0. The van der Waals surface area contributed by atoms with Crippen LogP contribution in [0.15, 0.2) is 34.7 Å². The smallest absolute Gasteiger partial charge is 0.371 e. The Morgan fingerprint density at radius 2 is 2.12 bits per heavy atom. The van der Waals surface area contributed by atoms with Crippen LogP contribution in [0.5, 0.6) is 0 Å². The van der Waals surface area contributed by atoms with E-state index < -0.39 is 5.97 Å². The summed E-state index contributed by atoms with van der Waals surface area (Å²) in [6, 6.07) is 7.11.